The predicted octanol–water partition coefficient (Wildman–Crippen LogP) is 4.80. The van der Waals surface area contributed by atoms with Crippen LogP contribution in [0.2, 0.25) is 0 Å². The standard InChI is InChI=1S/C23H14F5N5O/c24-13-4-5-15-17(18(13)25)19(31-21-32-30-11-33(15)21)16-10-29-14-3-1-2-12(20(14)34-16)6-7-22(8-9-22)23(26,27)28/h1-5,11,16,29H,8-10H2. The minimum atomic E-state index is -4.41. The summed E-state index contributed by atoms with van der Waals surface area (Å²) in [6.45, 7) is 0.152. The van der Waals surface area contributed by atoms with Gasteiger partial charge in [0.2, 0.25) is 0 Å². The summed E-state index contributed by atoms with van der Waals surface area (Å²) in [5.74, 6) is 3.22. The van der Waals surface area contributed by atoms with E-state index in [1.807, 2.05) is 0 Å². The highest BCUT2D eigenvalue weighted by molar-refractivity contribution is 5.84. The number of para-hydroxylation sites is 1. The number of hydrogen-bond acceptors (Lipinski definition) is 5. The van der Waals surface area contributed by atoms with Gasteiger partial charge in [0.15, 0.2) is 23.5 Å². The van der Waals surface area contributed by atoms with E-state index >= 15 is 0 Å². The number of rotatable bonds is 1. The third-order valence-electron chi connectivity index (χ3n) is 6.13. The molecule has 172 valence electrons. The van der Waals surface area contributed by atoms with Crippen molar-refractivity contribution in [1.82, 2.24) is 19.6 Å². The van der Waals surface area contributed by atoms with Crippen LogP contribution in [0.3, 0.4) is 0 Å². The maximum atomic E-state index is 14.9. The minimum absolute atomic E-state index is 0.0423. The van der Waals surface area contributed by atoms with Gasteiger partial charge in [-0.1, -0.05) is 17.9 Å². The molecule has 0 bridgehead atoms. The fourth-order valence-corrected chi connectivity index (χ4v) is 4.09. The summed E-state index contributed by atoms with van der Waals surface area (Å²) < 4.78 is 76.5. The Morgan fingerprint density at radius 3 is 2.74 bits per heavy atom. The molecule has 1 atom stereocenters. The Balaban J connectivity index is 1.46. The SMILES string of the molecule is Fc1ccc2c(c(C3CNc4cccc(C#CC5(C(F)(F)F)CC5)c4O3)nc3nncn32)c1F. The van der Waals surface area contributed by atoms with Gasteiger partial charge >= 0.3 is 6.18 Å². The molecule has 6 rings (SSSR count). The number of aromatic nitrogens is 4. The van der Waals surface area contributed by atoms with Gasteiger partial charge in [-0.15, -0.1) is 10.2 Å². The zero-order valence-electron chi connectivity index (χ0n) is 17.2. The first kappa shape index (κ1) is 20.7. The number of nitrogens with one attached hydrogen (secondary N) is 1. The van der Waals surface area contributed by atoms with Gasteiger partial charge in [-0.3, -0.25) is 4.40 Å². The Bertz CT molecular complexity index is 1530. The number of nitrogens with zero attached hydrogens (tertiary/aromatic N) is 4. The van der Waals surface area contributed by atoms with Crippen LogP contribution in [0.4, 0.5) is 27.6 Å². The van der Waals surface area contributed by atoms with Gasteiger partial charge in [0.1, 0.15) is 11.7 Å². The maximum absolute atomic E-state index is 14.9. The van der Waals surface area contributed by atoms with Crippen LogP contribution in [0.1, 0.15) is 30.2 Å². The van der Waals surface area contributed by atoms with Crippen LogP contribution in [0.5, 0.6) is 5.75 Å². The normalized spacial score (nSPS) is 18.6. The number of halogens is 5. The van der Waals surface area contributed by atoms with Crippen LogP contribution < -0.4 is 10.1 Å². The summed E-state index contributed by atoms with van der Waals surface area (Å²) in [4.78, 5) is 4.35. The molecule has 34 heavy (non-hydrogen) atoms. The zero-order valence-corrected chi connectivity index (χ0v) is 17.2. The molecule has 1 fully saturated rings. The molecule has 0 spiro atoms. The van der Waals surface area contributed by atoms with E-state index in [-0.39, 0.29) is 47.6 Å². The molecule has 2 aliphatic rings. The highest BCUT2D eigenvalue weighted by atomic mass is 19.4. The summed E-state index contributed by atoms with van der Waals surface area (Å²) in [5, 5.41) is 10.7. The Kier molecular flexibility index (Phi) is 4.27. The lowest BCUT2D eigenvalue weighted by Gasteiger charge is -2.28. The molecule has 0 amide bonds. The average molecular weight is 471 g/mol. The fraction of sp³-hybridized carbons (Fsp3) is 0.261. The molecule has 0 saturated heterocycles. The second kappa shape index (κ2) is 7.03. The smallest absolute Gasteiger partial charge is 0.405 e. The molecule has 1 unspecified atom stereocenters. The Morgan fingerprint density at radius 2 is 1.97 bits per heavy atom. The zero-order chi connectivity index (χ0) is 23.7. The van der Waals surface area contributed by atoms with Gasteiger partial charge in [-0.25, -0.2) is 13.8 Å². The minimum Gasteiger partial charge on any atom is -0.479 e. The first-order valence-electron chi connectivity index (χ1n) is 10.4. The number of fused-ring (bicyclic) bond motifs is 4. The first-order chi connectivity index (χ1) is 16.3. The van der Waals surface area contributed by atoms with Crippen LogP contribution in [0.25, 0.3) is 16.7 Å². The molecule has 6 nitrogen and oxygen atoms in total. The van der Waals surface area contributed by atoms with E-state index < -0.39 is 29.3 Å². The summed E-state index contributed by atoms with van der Waals surface area (Å²) in [7, 11) is 0. The van der Waals surface area contributed by atoms with Gasteiger partial charge in [-0.2, -0.15) is 13.2 Å². The van der Waals surface area contributed by atoms with Gasteiger partial charge in [-0.05, 0) is 37.1 Å². The summed E-state index contributed by atoms with van der Waals surface area (Å²) >= 11 is 0. The second-order valence-corrected chi connectivity index (χ2v) is 8.25. The number of anilines is 1. The fourth-order valence-electron chi connectivity index (χ4n) is 4.09. The number of alkyl halides is 3. The van der Waals surface area contributed by atoms with Crippen LogP contribution in [0, 0.1) is 28.9 Å². The first-order valence-corrected chi connectivity index (χ1v) is 10.4. The lowest BCUT2D eigenvalue weighted by molar-refractivity contribution is -0.168. The van der Waals surface area contributed by atoms with Crippen molar-refractivity contribution < 1.29 is 26.7 Å². The predicted molar refractivity (Wildman–Crippen MR) is 111 cm³/mol. The van der Waals surface area contributed by atoms with Crippen molar-refractivity contribution in [3.8, 4) is 17.6 Å². The molecule has 2 aromatic carbocycles. The highest BCUT2D eigenvalue weighted by Gasteiger charge is 2.62. The lowest BCUT2D eigenvalue weighted by atomic mass is 10.0. The topological polar surface area (TPSA) is 64.3 Å². The summed E-state index contributed by atoms with van der Waals surface area (Å²) in [5.41, 5.74) is -0.826. The van der Waals surface area contributed by atoms with E-state index in [0.717, 1.165) is 6.07 Å². The van der Waals surface area contributed by atoms with Crippen molar-refractivity contribution in [2.75, 3.05) is 11.9 Å². The quantitative estimate of drug-likeness (QED) is 0.319. The molecule has 1 N–H and O–H groups in total. The Hall–Kier alpha value is -3.94. The van der Waals surface area contributed by atoms with Crippen molar-refractivity contribution in [2.24, 2.45) is 5.41 Å². The Morgan fingerprint density at radius 1 is 1.15 bits per heavy atom. The number of ether oxygens (including phenoxy) is 1. The van der Waals surface area contributed by atoms with Crippen molar-refractivity contribution in [3.63, 3.8) is 0 Å². The summed E-state index contributed by atoms with van der Waals surface area (Å²) in [6, 6.07) is 7.29. The molecule has 2 aromatic heterocycles. The third kappa shape index (κ3) is 3.05. The van der Waals surface area contributed by atoms with Crippen LogP contribution in [-0.2, 0) is 0 Å². The molecule has 11 heteroatoms. The van der Waals surface area contributed by atoms with Crippen molar-refractivity contribution in [1.29, 1.82) is 0 Å². The lowest BCUT2D eigenvalue weighted by Crippen LogP contribution is -2.26. The van der Waals surface area contributed by atoms with Crippen molar-refractivity contribution >= 4 is 22.4 Å². The molecule has 3 heterocycles. The molecule has 4 aromatic rings. The molecule has 1 aliphatic heterocycles. The molecular formula is C23H14F5N5O. The van der Waals surface area contributed by atoms with Gasteiger partial charge in [0, 0.05) is 0 Å². The van der Waals surface area contributed by atoms with Gasteiger partial charge in [0.05, 0.1) is 34.4 Å². The van der Waals surface area contributed by atoms with Gasteiger partial charge < -0.3 is 10.1 Å². The van der Waals surface area contributed by atoms with Crippen LogP contribution in [0.15, 0.2) is 36.7 Å². The average Bonchev–Trinajstić information content (AvgIpc) is 3.48. The second-order valence-electron chi connectivity index (χ2n) is 8.25. The van der Waals surface area contributed by atoms with E-state index in [4.69, 9.17) is 4.74 Å². The number of benzene rings is 2. The van der Waals surface area contributed by atoms with Crippen molar-refractivity contribution in [2.45, 2.75) is 25.1 Å². The maximum Gasteiger partial charge on any atom is 0.405 e. The third-order valence-corrected chi connectivity index (χ3v) is 6.13. The van der Waals surface area contributed by atoms with E-state index in [1.54, 1.807) is 18.2 Å². The van der Waals surface area contributed by atoms with Crippen molar-refractivity contribution in [3.05, 3.63) is 59.6 Å². The number of hydrogen-bond donors (Lipinski definition) is 1. The highest BCUT2D eigenvalue weighted by Crippen LogP contribution is 2.57. The molecule has 1 aliphatic carbocycles. The monoisotopic (exact) mass is 471 g/mol. The molecule has 1 saturated carbocycles. The van der Waals surface area contributed by atoms with Crippen LogP contribution >= 0.6 is 0 Å². The van der Waals surface area contributed by atoms with E-state index in [0.29, 0.717) is 11.2 Å². The van der Waals surface area contributed by atoms with E-state index in [1.165, 1.54) is 16.8 Å². The molecular weight excluding hydrogens is 457 g/mol. The van der Waals surface area contributed by atoms with Crippen LogP contribution in [-0.4, -0.2) is 32.3 Å². The van der Waals surface area contributed by atoms with E-state index in [9.17, 15) is 22.0 Å². The van der Waals surface area contributed by atoms with Gasteiger partial charge in [0.25, 0.3) is 5.78 Å². The largest absolute Gasteiger partial charge is 0.479 e. The Labute approximate surface area is 188 Å². The summed E-state index contributed by atoms with van der Waals surface area (Å²) in [6.07, 6.45) is -4.05. The molecule has 0 radical (unpaired) electrons. The van der Waals surface area contributed by atoms with E-state index in [2.05, 4.69) is 32.3 Å².